The topological polar surface area (TPSA) is 54.7 Å². The summed E-state index contributed by atoms with van der Waals surface area (Å²) in [6, 6.07) is 10.2. The van der Waals surface area contributed by atoms with Gasteiger partial charge in [-0.1, -0.05) is 20.8 Å². The first-order chi connectivity index (χ1) is 8.47. The molecule has 2 N–H and O–H groups in total. The van der Waals surface area contributed by atoms with Gasteiger partial charge in [-0.05, 0) is 29.7 Å². The third kappa shape index (κ3) is 2.12. The molecule has 1 aromatic heterocycles. The summed E-state index contributed by atoms with van der Waals surface area (Å²) >= 11 is 0. The van der Waals surface area contributed by atoms with Crippen molar-refractivity contribution in [3.05, 3.63) is 36.0 Å². The monoisotopic (exact) mass is 241 g/mol. The lowest BCUT2D eigenvalue weighted by molar-refractivity contribution is 0.254. The number of nitriles is 1. The van der Waals surface area contributed by atoms with E-state index in [0.717, 1.165) is 10.9 Å². The lowest BCUT2D eigenvalue weighted by Crippen LogP contribution is -2.30. The number of nitrogens with two attached hydrogens (primary N) is 1. The van der Waals surface area contributed by atoms with E-state index in [4.69, 9.17) is 11.0 Å². The molecule has 0 bridgehead atoms. The summed E-state index contributed by atoms with van der Waals surface area (Å²) in [5.74, 6) is 0. The lowest BCUT2D eigenvalue weighted by Gasteiger charge is -2.31. The number of fused-ring (bicyclic) bond motifs is 1. The molecule has 0 aliphatic rings. The van der Waals surface area contributed by atoms with Crippen molar-refractivity contribution in [3.8, 4) is 6.07 Å². The molecule has 3 heteroatoms. The van der Waals surface area contributed by atoms with E-state index in [9.17, 15) is 0 Å². The van der Waals surface area contributed by atoms with Gasteiger partial charge in [-0.15, -0.1) is 0 Å². The van der Waals surface area contributed by atoms with Crippen molar-refractivity contribution in [3.63, 3.8) is 0 Å². The Hall–Kier alpha value is -1.79. The van der Waals surface area contributed by atoms with Crippen LogP contribution < -0.4 is 5.73 Å². The average Bonchev–Trinajstić information content (AvgIpc) is 2.71. The number of hydrogen-bond acceptors (Lipinski definition) is 2. The maximum absolute atomic E-state index is 8.91. The van der Waals surface area contributed by atoms with E-state index in [1.807, 2.05) is 24.3 Å². The molecule has 0 aliphatic carbocycles. The molecule has 1 heterocycles. The number of benzene rings is 1. The Morgan fingerprint density at radius 2 is 2.06 bits per heavy atom. The number of rotatable bonds is 2. The lowest BCUT2D eigenvalue weighted by atomic mass is 9.86. The first kappa shape index (κ1) is 12.7. The fourth-order valence-corrected chi connectivity index (χ4v) is 2.39. The molecule has 0 saturated carbocycles. The molecule has 94 valence electrons. The molecule has 0 saturated heterocycles. The molecule has 1 unspecified atom stereocenters. The summed E-state index contributed by atoms with van der Waals surface area (Å²) in [5, 5.41) is 10.0. The minimum atomic E-state index is 0.106. The van der Waals surface area contributed by atoms with Crippen LogP contribution in [-0.4, -0.2) is 11.1 Å². The van der Waals surface area contributed by atoms with Crippen LogP contribution in [0.5, 0.6) is 0 Å². The van der Waals surface area contributed by atoms with E-state index in [1.165, 1.54) is 0 Å². The van der Waals surface area contributed by atoms with Crippen molar-refractivity contribution in [2.24, 2.45) is 11.1 Å². The highest BCUT2D eigenvalue weighted by Crippen LogP contribution is 2.32. The van der Waals surface area contributed by atoms with Crippen molar-refractivity contribution < 1.29 is 0 Å². The Morgan fingerprint density at radius 1 is 1.33 bits per heavy atom. The third-order valence-corrected chi connectivity index (χ3v) is 3.41. The largest absolute Gasteiger partial charge is 0.343 e. The molecule has 18 heavy (non-hydrogen) atoms. The first-order valence-electron chi connectivity index (χ1n) is 6.18. The summed E-state index contributed by atoms with van der Waals surface area (Å²) in [6.07, 6.45) is 2.06. The van der Waals surface area contributed by atoms with Crippen LogP contribution in [0.2, 0.25) is 0 Å². The van der Waals surface area contributed by atoms with Crippen molar-refractivity contribution >= 4 is 10.9 Å². The molecule has 2 rings (SSSR count). The summed E-state index contributed by atoms with van der Waals surface area (Å²) < 4.78 is 2.22. The zero-order chi connectivity index (χ0) is 13.3. The van der Waals surface area contributed by atoms with Crippen molar-refractivity contribution in [1.82, 2.24) is 4.57 Å². The Kier molecular flexibility index (Phi) is 3.14. The van der Waals surface area contributed by atoms with Gasteiger partial charge in [0.1, 0.15) is 0 Å². The number of nitrogens with zero attached hydrogens (tertiary/aromatic N) is 2. The van der Waals surface area contributed by atoms with Gasteiger partial charge in [0.25, 0.3) is 0 Å². The van der Waals surface area contributed by atoms with E-state index in [0.29, 0.717) is 12.1 Å². The van der Waals surface area contributed by atoms with Gasteiger partial charge in [0, 0.05) is 23.6 Å². The van der Waals surface area contributed by atoms with Crippen molar-refractivity contribution in [2.75, 3.05) is 6.54 Å². The molecule has 0 fully saturated rings. The predicted octanol–water partition coefficient (Wildman–Crippen LogP) is 3.06. The molecule has 0 spiro atoms. The van der Waals surface area contributed by atoms with Gasteiger partial charge in [-0.3, -0.25) is 0 Å². The van der Waals surface area contributed by atoms with E-state index in [1.54, 1.807) is 0 Å². The second-order valence-electron chi connectivity index (χ2n) is 5.73. The maximum Gasteiger partial charge on any atom is 0.0991 e. The molecule has 0 radical (unpaired) electrons. The maximum atomic E-state index is 8.91. The number of aromatic nitrogens is 1. The molecule has 1 aromatic carbocycles. The van der Waals surface area contributed by atoms with Gasteiger partial charge in [0.05, 0.1) is 17.7 Å². The van der Waals surface area contributed by atoms with Crippen LogP contribution in [0.1, 0.15) is 32.4 Å². The van der Waals surface area contributed by atoms with Crippen LogP contribution >= 0.6 is 0 Å². The highest BCUT2D eigenvalue weighted by Gasteiger charge is 2.25. The number of hydrogen-bond donors (Lipinski definition) is 1. The Bertz CT molecular complexity index is 596. The molecule has 1 atom stereocenters. The molecule has 0 amide bonds. The van der Waals surface area contributed by atoms with E-state index >= 15 is 0 Å². The second-order valence-corrected chi connectivity index (χ2v) is 5.73. The summed E-state index contributed by atoms with van der Waals surface area (Å²) in [5.41, 5.74) is 7.86. The van der Waals surface area contributed by atoms with Gasteiger partial charge in [-0.2, -0.15) is 5.26 Å². The third-order valence-electron chi connectivity index (χ3n) is 3.41. The zero-order valence-corrected chi connectivity index (χ0v) is 11.1. The van der Waals surface area contributed by atoms with Crippen LogP contribution in [0.15, 0.2) is 30.5 Å². The van der Waals surface area contributed by atoms with E-state index in [-0.39, 0.29) is 11.5 Å². The van der Waals surface area contributed by atoms with Gasteiger partial charge in [0.2, 0.25) is 0 Å². The van der Waals surface area contributed by atoms with Crippen LogP contribution in [0.4, 0.5) is 0 Å². The molecule has 3 nitrogen and oxygen atoms in total. The Labute approximate surface area is 108 Å². The fourth-order valence-electron chi connectivity index (χ4n) is 2.39. The molecular formula is C15H19N3. The van der Waals surface area contributed by atoms with E-state index < -0.39 is 0 Å². The Balaban J connectivity index is 2.56. The second kappa shape index (κ2) is 4.47. The first-order valence-corrected chi connectivity index (χ1v) is 6.18. The fraction of sp³-hybridized carbons (Fsp3) is 0.400. The van der Waals surface area contributed by atoms with E-state index in [2.05, 4.69) is 37.6 Å². The molecular weight excluding hydrogens is 222 g/mol. The van der Waals surface area contributed by atoms with Crippen LogP contribution in [-0.2, 0) is 0 Å². The van der Waals surface area contributed by atoms with Gasteiger partial charge in [0.15, 0.2) is 0 Å². The minimum absolute atomic E-state index is 0.106. The van der Waals surface area contributed by atoms with Gasteiger partial charge >= 0.3 is 0 Å². The summed E-state index contributed by atoms with van der Waals surface area (Å²) in [4.78, 5) is 0. The predicted molar refractivity (Wildman–Crippen MR) is 74.2 cm³/mol. The Morgan fingerprint density at radius 3 is 2.61 bits per heavy atom. The normalized spacial score (nSPS) is 13.5. The quantitative estimate of drug-likeness (QED) is 0.878. The van der Waals surface area contributed by atoms with Crippen LogP contribution in [0.25, 0.3) is 10.9 Å². The van der Waals surface area contributed by atoms with Crippen molar-refractivity contribution in [1.29, 1.82) is 5.26 Å². The van der Waals surface area contributed by atoms with Crippen molar-refractivity contribution in [2.45, 2.75) is 26.8 Å². The van der Waals surface area contributed by atoms with Gasteiger partial charge < -0.3 is 10.3 Å². The molecule has 2 aromatic rings. The summed E-state index contributed by atoms with van der Waals surface area (Å²) in [7, 11) is 0. The highest BCUT2D eigenvalue weighted by molar-refractivity contribution is 5.81. The molecule has 0 aliphatic heterocycles. The van der Waals surface area contributed by atoms with Crippen LogP contribution in [0.3, 0.4) is 0 Å². The standard InChI is InChI=1S/C15H19N3/c1-15(2,3)14(10-17)18-7-6-12-8-11(9-16)4-5-13(12)18/h4-8,14H,10,17H2,1-3H3. The van der Waals surface area contributed by atoms with Crippen LogP contribution in [0, 0.1) is 16.7 Å². The van der Waals surface area contributed by atoms with Gasteiger partial charge in [-0.25, -0.2) is 0 Å². The zero-order valence-electron chi connectivity index (χ0n) is 11.1. The smallest absolute Gasteiger partial charge is 0.0991 e. The average molecular weight is 241 g/mol. The summed E-state index contributed by atoms with van der Waals surface area (Å²) in [6.45, 7) is 7.19. The SMILES string of the molecule is CC(C)(C)C(CN)n1ccc2cc(C#N)ccc21. The highest BCUT2D eigenvalue weighted by atomic mass is 15.0. The minimum Gasteiger partial charge on any atom is -0.343 e.